The number of aliphatic carboxylic acids is 1. The van der Waals surface area contributed by atoms with Gasteiger partial charge in [-0.05, 0) is 44.9 Å². The zero-order valence-electron chi connectivity index (χ0n) is 64.6. The maximum absolute atomic E-state index is 13.5. The highest BCUT2D eigenvalue weighted by Crippen LogP contribution is 2.39. The van der Waals surface area contributed by atoms with E-state index in [0.717, 1.165) is 51.9 Å². The SMILES string of the molecule is CCCCCCCCCCCCCC/C=C\CCCCCCCCCCCCCCCCCCC(=O)NC(COC1OC(CO)C(OC2OC(CO)C(O)C(OC3(C(=O)O)CC(O)C(NC(C)=O)C(C(O)C(O)CO)O3)C2O)C(O)C1O)C(O)/C=C/CCCCCCCCCCCCCCCCCC. The van der Waals surface area contributed by atoms with Crippen LogP contribution in [0.1, 0.15) is 335 Å². The van der Waals surface area contributed by atoms with Gasteiger partial charge >= 0.3 is 5.97 Å². The van der Waals surface area contributed by atoms with Crippen LogP contribution in [0.4, 0.5) is 0 Å². The lowest BCUT2D eigenvalue weighted by Crippen LogP contribution is -2.70. The number of unbranched alkanes of at least 4 members (excludes halogenated alkanes) is 44. The fraction of sp³-hybridized carbons (Fsp3) is 0.914. The van der Waals surface area contributed by atoms with Gasteiger partial charge in [-0.2, -0.15) is 0 Å². The Morgan fingerprint density at radius 3 is 1.31 bits per heavy atom. The number of carbonyl (C=O) groups is 3. The van der Waals surface area contributed by atoms with Crippen LogP contribution >= 0.6 is 0 Å². The van der Waals surface area contributed by atoms with Crippen LogP contribution in [0.2, 0.25) is 0 Å². The smallest absolute Gasteiger partial charge is 0.364 e. The van der Waals surface area contributed by atoms with E-state index in [4.69, 9.17) is 28.4 Å². The highest BCUT2D eigenvalue weighted by molar-refractivity contribution is 5.77. The topological polar surface area (TPSA) is 373 Å². The van der Waals surface area contributed by atoms with Crippen LogP contribution in [-0.4, -0.2) is 215 Å². The molecule has 23 heteroatoms. The lowest BCUT2D eigenvalue weighted by atomic mass is 9.88. The van der Waals surface area contributed by atoms with Gasteiger partial charge in [-0.25, -0.2) is 4.79 Å². The van der Waals surface area contributed by atoms with E-state index in [0.29, 0.717) is 12.8 Å². The Morgan fingerprint density at radius 1 is 0.500 bits per heavy atom. The molecule has 610 valence electrons. The molecule has 0 aromatic rings. The maximum Gasteiger partial charge on any atom is 0.364 e. The van der Waals surface area contributed by atoms with Crippen molar-refractivity contribution >= 4 is 17.8 Å². The second kappa shape index (κ2) is 60.0. The Morgan fingerprint density at radius 2 is 0.904 bits per heavy atom. The van der Waals surface area contributed by atoms with E-state index >= 15 is 0 Å². The summed E-state index contributed by atoms with van der Waals surface area (Å²) in [6, 6.07) is -2.62. The van der Waals surface area contributed by atoms with Crippen molar-refractivity contribution in [3.05, 3.63) is 24.3 Å². The highest BCUT2D eigenvalue weighted by Gasteiger charge is 2.60. The fourth-order valence-corrected chi connectivity index (χ4v) is 14.5. The molecule has 3 aliphatic rings. The number of allylic oxidation sites excluding steroid dienone is 3. The largest absolute Gasteiger partial charge is 0.477 e. The van der Waals surface area contributed by atoms with Gasteiger partial charge in [0.25, 0.3) is 5.79 Å². The summed E-state index contributed by atoms with van der Waals surface area (Å²) in [6.07, 6.45) is 38.0. The summed E-state index contributed by atoms with van der Waals surface area (Å²) in [5.41, 5.74) is 0. The first-order valence-electron chi connectivity index (χ1n) is 41.7. The quantitative estimate of drug-likeness (QED) is 0.0199. The number of hydrogen-bond acceptors (Lipinski definition) is 20. The van der Waals surface area contributed by atoms with Crippen molar-refractivity contribution in [3.8, 4) is 0 Å². The molecule has 0 aliphatic carbocycles. The van der Waals surface area contributed by atoms with Crippen molar-refractivity contribution in [2.24, 2.45) is 0 Å². The van der Waals surface area contributed by atoms with Crippen molar-refractivity contribution in [1.29, 1.82) is 0 Å². The van der Waals surface area contributed by atoms with Gasteiger partial charge in [0, 0.05) is 19.8 Å². The summed E-state index contributed by atoms with van der Waals surface area (Å²) >= 11 is 0. The zero-order chi connectivity index (χ0) is 76.0. The molecule has 14 N–H and O–H groups in total. The third kappa shape index (κ3) is 39.7. The average molecular weight is 1490 g/mol. The predicted molar refractivity (Wildman–Crippen MR) is 403 cm³/mol. The zero-order valence-corrected chi connectivity index (χ0v) is 64.6. The standard InChI is InChI=1S/C81H150N2O21/c1-4-6-8-10-12-14-16-18-20-22-24-25-26-27-28-29-30-31-32-33-34-35-36-37-39-41-43-45-47-49-51-53-55-68(91)83-62(63(88)54-52-50-48-46-44-42-40-38-23-21-19-17-15-13-11-9-7-5-2)60-99-78-73(95)72(94)75(67(59-86)101-78)102-79-74(96)77(71(93)66(58-85)100-79)104-81(80(97)98)56-64(89)69(82-61(3)87)76(103-81)70(92)65(90)57-84/h27-28,52,54,62-67,69-79,84-86,88-90,92-96H,4-26,29-51,53,55-60H2,1-3H3,(H,82,87)(H,83,91)(H,97,98)/b28-27-,54-52+. The minimum Gasteiger partial charge on any atom is -0.477 e. The number of carboxylic acids is 1. The molecule has 2 amide bonds. The second-order valence-corrected chi connectivity index (χ2v) is 30.3. The summed E-state index contributed by atoms with van der Waals surface area (Å²) in [5, 5.41) is 136. The van der Waals surface area contributed by atoms with Gasteiger partial charge in [0.05, 0.1) is 50.7 Å². The Labute approximate surface area is 625 Å². The molecule has 104 heavy (non-hydrogen) atoms. The van der Waals surface area contributed by atoms with E-state index < -0.39 is 155 Å². The number of aliphatic hydroxyl groups is 11. The van der Waals surface area contributed by atoms with Crippen molar-refractivity contribution in [3.63, 3.8) is 0 Å². The number of aliphatic hydroxyl groups excluding tert-OH is 11. The minimum atomic E-state index is -3.08. The van der Waals surface area contributed by atoms with Gasteiger partial charge in [0.2, 0.25) is 11.8 Å². The molecular formula is C81H150N2O21. The number of ether oxygens (including phenoxy) is 6. The van der Waals surface area contributed by atoms with E-state index in [2.05, 4.69) is 36.6 Å². The first kappa shape index (κ1) is 95.4. The lowest BCUT2D eigenvalue weighted by molar-refractivity contribution is -0.386. The van der Waals surface area contributed by atoms with E-state index in [1.807, 2.05) is 6.08 Å². The fourth-order valence-electron chi connectivity index (χ4n) is 14.5. The van der Waals surface area contributed by atoms with Crippen molar-refractivity contribution in [1.82, 2.24) is 10.6 Å². The summed E-state index contributed by atoms with van der Waals surface area (Å²) in [6.45, 7) is 2.19. The van der Waals surface area contributed by atoms with Gasteiger partial charge in [-0.1, -0.05) is 295 Å². The summed E-state index contributed by atoms with van der Waals surface area (Å²) in [7, 11) is 0. The number of rotatable bonds is 66. The minimum absolute atomic E-state index is 0.203. The summed E-state index contributed by atoms with van der Waals surface area (Å²) in [4.78, 5) is 38.7. The molecule has 3 saturated heterocycles. The molecule has 0 saturated carbocycles. The summed E-state index contributed by atoms with van der Waals surface area (Å²) < 4.78 is 34.9. The highest BCUT2D eigenvalue weighted by atomic mass is 16.8. The van der Waals surface area contributed by atoms with Crippen molar-refractivity contribution in [2.45, 2.75) is 445 Å². The maximum atomic E-state index is 13.5. The van der Waals surface area contributed by atoms with Gasteiger partial charge in [-0.15, -0.1) is 0 Å². The number of hydrogen-bond donors (Lipinski definition) is 14. The Balaban J connectivity index is 1.47. The molecule has 0 spiro atoms. The molecule has 0 aromatic carbocycles. The number of carboxylic acid groups (broad SMARTS) is 1. The van der Waals surface area contributed by atoms with Gasteiger partial charge in [0.15, 0.2) is 12.6 Å². The Hall–Kier alpha value is -2.79. The van der Waals surface area contributed by atoms with Crippen molar-refractivity contribution < 1.29 is 104 Å². The van der Waals surface area contributed by atoms with Crippen molar-refractivity contribution in [2.75, 3.05) is 26.4 Å². The van der Waals surface area contributed by atoms with E-state index in [-0.39, 0.29) is 12.3 Å². The first-order valence-corrected chi connectivity index (χ1v) is 41.7. The summed E-state index contributed by atoms with van der Waals surface area (Å²) in [5.74, 6) is -6.13. The molecule has 0 radical (unpaired) electrons. The second-order valence-electron chi connectivity index (χ2n) is 30.3. The van der Waals surface area contributed by atoms with Crippen LogP contribution in [0.3, 0.4) is 0 Å². The Bertz CT molecular complexity index is 2170. The third-order valence-corrected chi connectivity index (χ3v) is 21.1. The normalized spacial score (nSPS) is 26.5. The van der Waals surface area contributed by atoms with Gasteiger partial charge < -0.3 is 100 Å². The molecule has 23 nitrogen and oxygen atoms in total. The molecule has 3 fully saturated rings. The van der Waals surface area contributed by atoms with Crippen LogP contribution in [0.25, 0.3) is 0 Å². The van der Waals surface area contributed by atoms with Gasteiger partial charge in [0.1, 0.15) is 67.1 Å². The molecule has 3 heterocycles. The molecule has 3 aliphatic heterocycles. The third-order valence-electron chi connectivity index (χ3n) is 21.1. The number of nitrogens with one attached hydrogen (secondary N) is 2. The van der Waals surface area contributed by atoms with Crippen LogP contribution in [0.5, 0.6) is 0 Å². The lowest BCUT2D eigenvalue weighted by Gasteiger charge is -2.50. The molecule has 0 aromatic heterocycles. The monoisotopic (exact) mass is 1490 g/mol. The number of carbonyl (C=O) groups excluding carboxylic acids is 2. The molecule has 3 rings (SSSR count). The predicted octanol–water partition coefficient (Wildman–Crippen LogP) is 11.5. The number of amides is 2. The molecule has 18 unspecified atom stereocenters. The van der Waals surface area contributed by atoms with Crippen LogP contribution < -0.4 is 10.6 Å². The van der Waals surface area contributed by atoms with E-state index in [1.54, 1.807) is 6.08 Å². The average Bonchev–Trinajstić information content (AvgIpc) is 0.753. The van der Waals surface area contributed by atoms with Gasteiger partial charge in [-0.3, -0.25) is 9.59 Å². The molecule has 0 bridgehead atoms. The van der Waals surface area contributed by atoms with Crippen LogP contribution in [-0.2, 0) is 42.8 Å². The Kier molecular flexibility index (Phi) is 55.0. The van der Waals surface area contributed by atoms with E-state index in [1.165, 1.54) is 244 Å². The van der Waals surface area contributed by atoms with E-state index in [9.17, 15) is 75.7 Å². The molecular weight excluding hydrogens is 1340 g/mol. The van der Waals surface area contributed by atoms with Crippen LogP contribution in [0, 0.1) is 0 Å². The van der Waals surface area contributed by atoms with Crippen LogP contribution in [0.15, 0.2) is 24.3 Å². The molecule has 18 atom stereocenters. The first-order chi connectivity index (χ1) is 50.4.